The van der Waals surface area contributed by atoms with Gasteiger partial charge in [-0.3, -0.25) is 14.6 Å². The first-order chi connectivity index (χ1) is 12.6. The SMILES string of the molecule is Cc1ccc(CC(=O)N2CCN(C(=O)C=Cc3ccccn3)CC2)cc1. The molecule has 0 aliphatic carbocycles. The first-order valence-electron chi connectivity index (χ1n) is 8.83. The number of hydrogen-bond donors (Lipinski definition) is 0. The van der Waals surface area contributed by atoms with E-state index in [1.165, 1.54) is 5.56 Å². The van der Waals surface area contributed by atoms with Crippen molar-refractivity contribution in [3.8, 4) is 0 Å². The van der Waals surface area contributed by atoms with E-state index in [0.29, 0.717) is 32.6 Å². The molecule has 1 saturated heterocycles. The van der Waals surface area contributed by atoms with Crippen LogP contribution in [0.4, 0.5) is 0 Å². The molecule has 26 heavy (non-hydrogen) atoms. The van der Waals surface area contributed by atoms with Crippen LogP contribution in [-0.2, 0) is 16.0 Å². The van der Waals surface area contributed by atoms with E-state index in [0.717, 1.165) is 11.3 Å². The van der Waals surface area contributed by atoms with E-state index in [9.17, 15) is 9.59 Å². The molecular weight excluding hydrogens is 326 g/mol. The molecule has 1 aromatic carbocycles. The highest BCUT2D eigenvalue weighted by Crippen LogP contribution is 2.09. The number of carbonyl (C=O) groups is 2. The van der Waals surface area contributed by atoms with E-state index in [2.05, 4.69) is 4.98 Å². The highest BCUT2D eigenvalue weighted by molar-refractivity contribution is 5.91. The molecule has 0 radical (unpaired) electrons. The Morgan fingerprint density at radius 2 is 1.69 bits per heavy atom. The fraction of sp³-hybridized carbons (Fsp3) is 0.286. The second-order valence-electron chi connectivity index (χ2n) is 6.46. The maximum Gasteiger partial charge on any atom is 0.246 e. The summed E-state index contributed by atoms with van der Waals surface area (Å²) in [6.45, 7) is 4.31. The third kappa shape index (κ3) is 4.79. The van der Waals surface area contributed by atoms with Crippen LogP contribution in [0.5, 0.6) is 0 Å². The monoisotopic (exact) mass is 349 g/mol. The summed E-state index contributed by atoms with van der Waals surface area (Å²) in [5.74, 6) is 0.0752. The molecule has 134 valence electrons. The van der Waals surface area contributed by atoms with Crippen LogP contribution in [0, 0.1) is 6.92 Å². The second-order valence-corrected chi connectivity index (χ2v) is 6.46. The molecule has 5 nitrogen and oxygen atoms in total. The largest absolute Gasteiger partial charge is 0.339 e. The highest BCUT2D eigenvalue weighted by atomic mass is 16.2. The molecule has 0 saturated carbocycles. The van der Waals surface area contributed by atoms with E-state index in [1.807, 2.05) is 54.3 Å². The van der Waals surface area contributed by atoms with E-state index in [-0.39, 0.29) is 11.8 Å². The van der Waals surface area contributed by atoms with Gasteiger partial charge in [0.25, 0.3) is 0 Å². The lowest BCUT2D eigenvalue weighted by molar-refractivity contribution is -0.136. The van der Waals surface area contributed by atoms with Crippen LogP contribution >= 0.6 is 0 Å². The van der Waals surface area contributed by atoms with Crippen LogP contribution in [0.3, 0.4) is 0 Å². The van der Waals surface area contributed by atoms with Gasteiger partial charge in [-0.15, -0.1) is 0 Å². The van der Waals surface area contributed by atoms with E-state index < -0.39 is 0 Å². The minimum Gasteiger partial charge on any atom is -0.339 e. The quantitative estimate of drug-likeness (QED) is 0.796. The molecule has 2 heterocycles. The van der Waals surface area contributed by atoms with Crippen molar-refractivity contribution in [3.63, 3.8) is 0 Å². The molecule has 0 bridgehead atoms. The Balaban J connectivity index is 1.49. The van der Waals surface area contributed by atoms with Crippen molar-refractivity contribution < 1.29 is 9.59 Å². The standard InChI is InChI=1S/C21H23N3O2/c1-17-5-7-18(8-6-17)16-21(26)24-14-12-23(13-15-24)20(25)10-9-19-4-2-3-11-22-19/h2-11H,12-16H2,1H3. The number of aryl methyl sites for hydroxylation is 1. The average molecular weight is 349 g/mol. The number of piperazine rings is 1. The van der Waals surface area contributed by atoms with Crippen LogP contribution in [0.1, 0.15) is 16.8 Å². The number of hydrogen-bond acceptors (Lipinski definition) is 3. The Morgan fingerprint density at radius 3 is 2.35 bits per heavy atom. The number of rotatable bonds is 4. The van der Waals surface area contributed by atoms with Gasteiger partial charge < -0.3 is 9.80 Å². The number of nitrogens with zero attached hydrogens (tertiary/aromatic N) is 3. The number of carbonyl (C=O) groups excluding carboxylic acids is 2. The smallest absolute Gasteiger partial charge is 0.246 e. The summed E-state index contributed by atoms with van der Waals surface area (Å²) < 4.78 is 0. The lowest BCUT2D eigenvalue weighted by Crippen LogP contribution is -2.50. The zero-order valence-electron chi connectivity index (χ0n) is 15.0. The van der Waals surface area contributed by atoms with Gasteiger partial charge in [0.15, 0.2) is 0 Å². The summed E-state index contributed by atoms with van der Waals surface area (Å²) in [6, 6.07) is 13.6. The predicted octanol–water partition coefficient (Wildman–Crippen LogP) is 2.32. The molecule has 1 aromatic heterocycles. The Morgan fingerprint density at radius 1 is 1.00 bits per heavy atom. The first-order valence-corrected chi connectivity index (χ1v) is 8.83. The van der Waals surface area contributed by atoms with Gasteiger partial charge >= 0.3 is 0 Å². The van der Waals surface area contributed by atoms with Gasteiger partial charge in [0, 0.05) is 38.5 Å². The van der Waals surface area contributed by atoms with Gasteiger partial charge in [0.1, 0.15) is 0 Å². The molecule has 1 aliphatic rings. The van der Waals surface area contributed by atoms with Crippen molar-refractivity contribution >= 4 is 17.9 Å². The number of amides is 2. The van der Waals surface area contributed by atoms with Gasteiger partial charge in [-0.05, 0) is 30.7 Å². The Kier molecular flexibility index (Phi) is 5.79. The summed E-state index contributed by atoms with van der Waals surface area (Å²) in [6.07, 6.45) is 5.37. The lowest BCUT2D eigenvalue weighted by Gasteiger charge is -2.34. The second kappa shape index (κ2) is 8.43. The fourth-order valence-electron chi connectivity index (χ4n) is 2.91. The molecule has 1 fully saturated rings. The van der Waals surface area contributed by atoms with Crippen molar-refractivity contribution in [2.75, 3.05) is 26.2 Å². The summed E-state index contributed by atoms with van der Waals surface area (Å²) in [4.78, 5) is 32.5. The van der Waals surface area contributed by atoms with E-state index >= 15 is 0 Å². The van der Waals surface area contributed by atoms with Gasteiger partial charge in [0.05, 0.1) is 12.1 Å². The summed E-state index contributed by atoms with van der Waals surface area (Å²) >= 11 is 0. The van der Waals surface area contributed by atoms with Crippen LogP contribution in [0.15, 0.2) is 54.7 Å². The molecule has 5 heteroatoms. The zero-order valence-corrected chi connectivity index (χ0v) is 15.0. The fourth-order valence-corrected chi connectivity index (χ4v) is 2.91. The Labute approximate surface area is 154 Å². The first kappa shape index (κ1) is 17.9. The Bertz CT molecular complexity index is 777. The summed E-state index contributed by atoms with van der Waals surface area (Å²) in [5, 5.41) is 0. The minimum absolute atomic E-state index is 0.0405. The van der Waals surface area contributed by atoms with Crippen molar-refractivity contribution in [3.05, 3.63) is 71.6 Å². The van der Waals surface area contributed by atoms with Crippen molar-refractivity contribution in [1.29, 1.82) is 0 Å². The maximum atomic E-state index is 12.4. The summed E-state index contributed by atoms with van der Waals surface area (Å²) in [7, 11) is 0. The van der Waals surface area contributed by atoms with Gasteiger partial charge in [-0.25, -0.2) is 0 Å². The van der Waals surface area contributed by atoms with Crippen LogP contribution in [-0.4, -0.2) is 52.8 Å². The van der Waals surface area contributed by atoms with Gasteiger partial charge in [-0.1, -0.05) is 35.9 Å². The molecule has 0 unspecified atom stereocenters. The maximum absolute atomic E-state index is 12.4. The van der Waals surface area contributed by atoms with Gasteiger partial charge in [0.2, 0.25) is 11.8 Å². The Hall–Kier alpha value is -2.95. The van der Waals surface area contributed by atoms with Crippen LogP contribution in [0.2, 0.25) is 0 Å². The molecular formula is C21H23N3O2. The van der Waals surface area contributed by atoms with Gasteiger partial charge in [-0.2, -0.15) is 0 Å². The van der Waals surface area contributed by atoms with E-state index in [4.69, 9.17) is 0 Å². The molecule has 0 atom stereocenters. The molecule has 1 aliphatic heterocycles. The third-order valence-electron chi connectivity index (χ3n) is 4.50. The molecule has 2 aromatic rings. The number of pyridine rings is 1. The van der Waals surface area contributed by atoms with Crippen molar-refractivity contribution in [2.45, 2.75) is 13.3 Å². The average Bonchev–Trinajstić information content (AvgIpc) is 2.69. The molecule has 3 rings (SSSR count). The van der Waals surface area contributed by atoms with Crippen LogP contribution in [0.25, 0.3) is 6.08 Å². The topological polar surface area (TPSA) is 53.5 Å². The number of benzene rings is 1. The van der Waals surface area contributed by atoms with E-state index in [1.54, 1.807) is 23.2 Å². The normalized spacial score (nSPS) is 14.7. The summed E-state index contributed by atoms with van der Waals surface area (Å²) in [5.41, 5.74) is 2.97. The number of aromatic nitrogens is 1. The minimum atomic E-state index is -0.0405. The van der Waals surface area contributed by atoms with Crippen LogP contribution < -0.4 is 0 Å². The molecule has 2 amide bonds. The predicted molar refractivity (Wildman–Crippen MR) is 101 cm³/mol. The van der Waals surface area contributed by atoms with Crippen molar-refractivity contribution in [1.82, 2.24) is 14.8 Å². The molecule has 0 spiro atoms. The lowest BCUT2D eigenvalue weighted by atomic mass is 10.1. The molecule has 0 N–H and O–H groups in total. The highest BCUT2D eigenvalue weighted by Gasteiger charge is 2.23. The zero-order chi connectivity index (χ0) is 18.4. The van der Waals surface area contributed by atoms with Crippen molar-refractivity contribution in [2.24, 2.45) is 0 Å². The third-order valence-corrected chi connectivity index (χ3v) is 4.50.